The fourth-order valence-electron chi connectivity index (χ4n) is 8.20. The second-order valence-corrected chi connectivity index (χ2v) is 20.2. The molecule has 434 valence electrons. The van der Waals surface area contributed by atoms with Crippen molar-refractivity contribution in [2.75, 3.05) is 13.2 Å². The van der Waals surface area contributed by atoms with Gasteiger partial charge in [-0.1, -0.05) is 263 Å². The van der Waals surface area contributed by atoms with Crippen molar-refractivity contribution in [3.8, 4) is 0 Å². The van der Waals surface area contributed by atoms with Crippen LogP contribution in [0, 0.1) is 0 Å². The summed E-state index contributed by atoms with van der Waals surface area (Å²) in [5, 5.41) is 0. The number of allylic oxidation sites excluding steroid dienone is 24. The normalized spacial score (nSPS) is 13.1. The fraction of sp³-hybridized carbons (Fsp3) is 0.620. The zero-order valence-corrected chi connectivity index (χ0v) is 49.7. The molecule has 0 radical (unpaired) electrons. The van der Waals surface area contributed by atoms with Gasteiger partial charge in [-0.3, -0.25) is 14.4 Å². The standard InChI is InChI=1S/C71H114O6/c1-4-7-10-13-16-19-22-25-27-29-31-33-35-37-39-41-43-46-49-52-55-58-61-64-70(73)76-67-68(66-75-69(72)63-60-57-54-51-48-45-24-21-18-15-12-9-6-3)77-71(74)65-62-59-56-53-50-47-44-42-40-38-36-34-32-30-28-26-23-20-17-14-11-8-5-2/h7,9-10,12,16,18-19,21,23,25-27,30-33,36-39,45,48,54,57,68H,4-6,8,11,13-15,17,20,22,24,28-29,34-35,40-44,46-47,49-53,55-56,58-67H2,1-3H3/b10-7-,12-9-,19-16-,21-18-,26-23-,27-25-,32-30-,33-31-,38-36-,39-37-,48-45-,57-54-. The topological polar surface area (TPSA) is 78.9 Å². The summed E-state index contributed by atoms with van der Waals surface area (Å²) in [6, 6.07) is 0. The van der Waals surface area contributed by atoms with Crippen LogP contribution in [-0.2, 0) is 28.6 Å². The molecule has 0 rings (SSSR count). The van der Waals surface area contributed by atoms with Gasteiger partial charge in [-0.05, 0) is 128 Å². The largest absolute Gasteiger partial charge is 0.462 e. The molecule has 0 aromatic heterocycles. The number of carbonyl (C=O) groups excluding carboxylic acids is 3. The van der Waals surface area contributed by atoms with Gasteiger partial charge in [-0.25, -0.2) is 0 Å². The molecule has 0 aromatic carbocycles. The fourth-order valence-corrected chi connectivity index (χ4v) is 8.20. The third-order valence-electron chi connectivity index (χ3n) is 12.8. The third kappa shape index (κ3) is 62.0. The first kappa shape index (κ1) is 72.3. The maximum atomic E-state index is 12.9. The zero-order valence-electron chi connectivity index (χ0n) is 49.7. The van der Waals surface area contributed by atoms with Crippen LogP contribution in [0.25, 0.3) is 0 Å². The summed E-state index contributed by atoms with van der Waals surface area (Å²) >= 11 is 0. The Hall–Kier alpha value is -4.71. The van der Waals surface area contributed by atoms with Gasteiger partial charge in [0, 0.05) is 19.3 Å². The van der Waals surface area contributed by atoms with Crippen molar-refractivity contribution in [3.05, 3.63) is 146 Å². The average molecular weight is 1060 g/mol. The van der Waals surface area contributed by atoms with E-state index in [1.807, 2.05) is 6.08 Å². The number of hydrogen-bond donors (Lipinski definition) is 0. The van der Waals surface area contributed by atoms with Gasteiger partial charge in [-0.15, -0.1) is 0 Å². The summed E-state index contributed by atoms with van der Waals surface area (Å²) in [5.41, 5.74) is 0. The molecule has 0 aliphatic heterocycles. The van der Waals surface area contributed by atoms with Gasteiger partial charge in [0.05, 0.1) is 0 Å². The minimum Gasteiger partial charge on any atom is -0.462 e. The van der Waals surface area contributed by atoms with Crippen molar-refractivity contribution in [2.45, 2.75) is 271 Å². The molecule has 0 saturated heterocycles. The Morgan fingerprint density at radius 2 is 0.532 bits per heavy atom. The summed E-state index contributed by atoms with van der Waals surface area (Å²) in [7, 11) is 0. The van der Waals surface area contributed by atoms with Gasteiger partial charge >= 0.3 is 17.9 Å². The molecule has 1 atom stereocenters. The average Bonchev–Trinajstić information content (AvgIpc) is 3.43. The lowest BCUT2D eigenvalue weighted by Crippen LogP contribution is -2.30. The number of carbonyl (C=O) groups is 3. The molecular formula is C71H114O6. The molecule has 0 saturated carbocycles. The van der Waals surface area contributed by atoms with Crippen LogP contribution in [0.3, 0.4) is 0 Å². The molecule has 0 fully saturated rings. The van der Waals surface area contributed by atoms with E-state index >= 15 is 0 Å². The van der Waals surface area contributed by atoms with Gasteiger partial charge in [0.15, 0.2) is 6.10 Å². The summed E-state index contributed by atoms with van der Waals surface area (Å²) in [6.07, 6.45) is 91.5. The van der Waals surface area contributed by atoms with Crippen molar-refractivity contribution in [1.82, 2.24) is 0 Å². The SMILES string of the molecule is CC/C=C\C/C=C\C/C=C\C/C=C\C/C=C\CCCCCCCCCC(=O)OCC(COC(=O)CC/C=C\C/C=C\C/C=C\C/C=C\CC)OC(=O)CCCCCCCCCC/C=C\C/C=C\C/C=C\CCCCCCC. The van der Waals surface area contributed by atoms with Crippen molar-refractivity contribution in [2.24, 2.45) is 0 Å². The first-order valence-corrected chi connectivity index (χ1v) is 31.3. The summed E-state index contributed by atoms with van der Waals surface area (Å²) in [4.78, 5) is 38.2. The molecular weight excluding hydrogens is 949 g/mol. The second-order valence-electron chi connectivity index (χ2n) is 20.2. The predicted octanol–water partition coefficient (Wildman–Crippen LogP) is 21.5. The van der Waals surface area contributed by atoms with E-state index in [4.69, 9.17) is 14.2 Å². The van der Waals surface area contributed by atoms with Crippen molar-refractivity contribution < 1.29 is 28.6 Å². The smallest absolute Gasteiger partial charge is 0.306 e. The molecule has 0 aliphatic rings. The third-order valence-corrected chi connectivity index (χ3v) is 12.8. The van der Waals surface area contributed by atoms with E-state index in [0.717, 1.165) is 122 Å². The van der Waals surface area contributed by atoms with E-state index in [9.17, 15) is 14.4 Å². The Kier molecular flexibility index (Phi) is 59.9. The van der Waals surface area contributed by atoms with Crippen LogP contribution >= 0.6 is 0 Å². The van der Waals surface area contributed by atoms with E-state index in [2.05, 4.69) is 161 Å². The quantitative estimate of drug-likeness (QED) is 0.0261. The van der Waals surface area contributed by atoms with Crippen LogP contribution in [0.5, 0.6) is 0 Å². The molecule has 77 heavy (non-hydrogen) atoms. The molecule has 1 unspecified atom stereocenters. The molecule has 0 spiro atoms. The maximum absolute atomic E-state index is 12.9. The highest BCUT2D eigenvalue weighted by Crippen LogP contribution is 2.14. The molecule has 6 nitrogen and oxygen atoms in total. The van der Waals surface area contributed by atoms with Crippen molar-refractivity contribution in [3.63, 3.8) is 0 Å². The lowest BCUT2D eigenvalue weighted by atomic mass is 10.1. The van der Waals surface area contributed by atoms with E-state index in [1.165, 1.54) is 96.3 Å². The molecule has 0 N–H and O–H groups in total. The number of esters is 3. The Bertz CT molecular complexity index is 1700. The first-order valence-electron chi connectivity index (χ1n) is 31.3. The molecule has 6 heteroatoms. The van der Waals surface area contributed by atoms with Gasteiger partial charge in [0.2, 0.25) is 0 Å². The number of hydrogen-bond acceptors (Lipinski definition) is 6. The zero-order chi connectivity index (χ0) is 55.7. The Morgan fingerprint density at radius 3 is 0.870 bits per heavy atom. The van der Waals surface area contributed by atoms with E-state index < -0.39 is 6.10 Å². The molecule has 0 aromatic rings. The Balaban J connectivity index is 4.45. The summed E-state index contributed by atoms with van der Waals surface area (Å²) in [5.74, 6) is -1.02. The van der Waals surface area contributed by atoms with Crippen molar-refractivity contribution >= 4 is 17.9 Å². The monoisotopic (exact) mass is 1060 g/mol. The second kappa shape index (κ2) is 63.8. The first-order chi connectivity index (χ1) is 38.0. The lowest BCUT2D eigenvalue weighted by molar-refractivity contribution is -0.166. The van der Waals surface area contributed by atoms with Crippen LogP contribution in [-0.4, -0.2) is 37.2 Å². The summed E-state index contributed by atoms with van der Waals surface area (Å²) in [6.45, 7) is 6.32. The van der Waals surface area contributed by atoms with E-state index in [1.54, 1.807) is 0 Å². The van der Waals surface area contributed by atoms with Crippen LogP contribution in [0.1, 0.15) is 265 Å². The van der Waals surface area contributed by atoms with Crippen molar-refractivity contribution in [1.29, 1.82) is 0 Å². The highest BCUT2D eigenvalue weighted by atomic mass is 16.6. The molecule has 0 aliphatic carbocycles. The lowest BCUT2D eigenvalue weighted by Gasteiger charge is -2.18. The van der Waals surface area contributed by atoms with Crippen LogP contribution < -0.4 is 0 Å². The van der Waals surface area contributed by atoms with Crippen LogP contribution in [0.2, 0.25) is 0 Å². The van der Waals surface area contributed by atoms with Gasteiger partial charge < -0.3 is 14.2 Å². The Morgan fingerprint density at radius 1 is 0.273 bits per heavy atom. The van der Waals surface area contributed by atoms with Gasteiger partial charge in [-0.2, -0.15) is 0 Å². The van der Waals surface area contributed by atoms with Gasteiger partial charge in [0.25, 0.3) is 0 Å². The minimum absolute atomic E-state index is 0.114. The predicted molar refractivity (Wildman–Crippen MR) is 334 cm³/mol. The number of rotatable bonds is 55. The van der Waals surface area contributed by atoms with Crippen LogP contribution in [0.15, 0.2) is 146 Å². The Labute approximate surface area is 474 Å². The number of ether oxygens (including phenoxy) is 3. The highest BCUT2D eigenvalue weighted by molar-refractivity contribution is 5.71. The highest BCUT2D eigenvalue weighted by Gasteiger charge is 2.19. The molecule has 0 heterocycles. The molecule has 0 amide bonds. The van der Waals surface area contributed by atoms with Gasteiger partial charge in [0.1, 0.15) is 13.2 Å². The maximum Gasteiger partial charge on any atom is 0.306 e. The number of unbranched alkanes of at least 4 members (excludes halogenated alkanes) is 20. The van der Waals surface area contributed by atoms with Crippen LogP contribution in [0.4, 0.5) is 0 Å². The summed E-state index contributed by atoms with van der Waals surface area (Å²) < 4.78 is 16.8. The minimum atomic E-state index is -0.823. The molecule has 0 bridgehead atoms. The van der Waals surface area contributed by atoms with E-state index in [0.29, 0.717) is 19.3 Å². The van der Waals surface area contributed by atoms with E-state index in [-0.39, 0.29) is 37.5 Å².